The minimum atomic E-state index is -4.59. The molecule has 0 aliphatic rings. The van der Waals surface area contributed by atoms with Crippen molar-refractivity contribution >= 4 is 15.8 Å². The molecule has 0 spiro atoms. The fourth-order valence-electron chi connectivity index (χ4n) is 5.52. The van der Waals surface area contributed by atoms with E-state index in [2.05, 4.69) is 47.7 Å². The number of ether oxygens (including phenoxy) is 1. The van der Waals surface area contributed by atoms with E-state index in [1.54, 1.807) is 16.7 Å². The lowest BCUT2D eigenvalue weighted by molar-refractivity contribution is -0.137. The Hall–Kier alpha value is -4.91. The van der Waals surface area contributed by atoms with Crippen LogP contribution in [0.5, 0.6) is 5.75 Å². The van der Waals surface area contributed by atoms with Gasteiger partial charge in [-0.05, 0) is 78.3 Å². The fraction of sp³-hybridized carbons (Fsp3) is 0.324. The molecule has 0 saturated carbocycles. The van der Waals surface area contributed by atoms with Crippen molar-refractivity contribution in [3.05, 3.63) is 123 Å². The van der Waals surface area contributed by atoms with Crippen LogP contribution in [0.25, 0.3) is 11.3 Å². The first kappa shape index (κ1) is 36.4. The van der Waals surface area contributed by atoms with Crippen molar-refractivity contribution in [3.8, 4) is 17.0 Å². The summed E-state index contributed by atoms with van der Waals surface area (Å²) in [5.41, 5.74) is 3.47. The predicted molar refractivity (Wildman–Crippen MR) is 187 cm³/mol. The van der Waals surface area contributed by atoms with Crippen LogP contribution in [0.15, 0.2) is 94.6 Å². The summed E-state index contributed by atoms with van der Waals surface area (Å²) in [7, 11) is -2.91. The smallest absolute Gasteiger partial charge is 0.416 e. The third kappa shape index (κ3) is 8.44. The van der Waals surface area contributed by atoms with Crippen LogP contribution in [-0.4, -0.2) is 34.9 Å². The van der Waals surface area contributed by atoms with Crippen molar-refractivity contribution in [1.29, 1.82) is 0 Å². The molecular weight excluding hydrogens is 667 g/mol. The molecule has 0 amide bonds. The Morgan fingerprint density at radius 1 is 0.820 bits per heavy atom. The van der Waals surface area contributed by atoms with Gasteiger partial charge in [0.2, 0.25) is 0 Å². The van der Waals surface area contributed by atoms with Crippen molar-refractivity contribution in [1.82, 2.24) is 19.3 Å². The van der Waals surface area contributed by atoms with Gasteiger partial charge in [0.15, 0.2) is 11.6 Å². The highest BCUT2D eigenvalue weighted by atomic mass is 32.2. The van der Waals surface area contributed by atoms with E-state index in [1.807, 2.05) is 43.3 Å². The molecule has 0 fully saturated rings. The summed E-state index contributed by atoms with van der Waals surface area (Å²) < 4.78 is 75.7. The lowest BCUT2D eigenvalue weighted by atomic mass is 9.87. The summed E-state index contributed by atoms with van der Waals surface area (Å²) in [6.45, 7) is 9.37. The van der Waals surface area contributed by atoms with Crippen LogP contribution in [0.1, 0.15) is 62.2 Å². The minimum Gasteiger partial charge on any atom is -0.493 e. The number of pyridine rings is 1. The molecule has 5 aromatic rings. The highest BCUT2D eigenvalue weighted by Gasteiger charge is 2.31. The lowest BCUT2D eigenvalue weighted by Gasteiger charge is -2.19. The first-order chi connectivity index (χ1) is 23.6. The summed E-state index contributed by atoms with van der Waals surface area (Å²) in [6.07, 6.45) is -2.45. The second-order valence-corrected chi connectivity index (χ2v) is 14.7. The van der Waals surface area contributed by atoms with Gasteiger partial charge in [0.1, 0.15) is 5.82 Å². The Balaban J connectivity index is 1.24. The molecule has 0 aliphatic carbocycles. The average Bonchev–Trinajstić information content (AvgIpc) is 3.37. The predicted octanol–water partition coefficient (Wildman–Crippen LogP) is 7.48. The van der Waals surface area contributed by atoms with E-state index >= 15 is 0 Å². The van der Waals surface area contributed by atoms with E-state index in [9.17, 15) is 26.4 Å². The fourth-order valence-corrected chi connectivity index (χ4v) is 6.53. The van der Waals surface area contributed by atoms with Gasteiger partial charge in [-0.3, -0.25) is 9.29 Å². The SMILES string of the molecule is CCn1c(CCCc2ccc(-c3ccc(OC)c(NS(=O)(=O)c4ccc(C(F)(F)F)cc4)n3)cc2)nn(Cc2ccc(C(C)(C)C)cc2)c1=O. The maximum absolute atomic E-state index is 13.1. The normalized spacial score (nSPS) is 12.2. The van der Waals surface area contributed by atoms with Gasteiger partial charge in [-0.2, -0.15) is 18.3 Å². The van der Waals surface area contributed by atoms with E-state index < -0.39 is 21.8 Å². The van der Waals surface area contributed by atoms with Gasteiger partial charge in [-0.1, -0.05) is 69.3 Å². The zero-order valence-corrected chi connectivity index (χ0v) is 29.4. The Kier molecular flexibility index (Phi) is 10.6. The molecule has 0 radical (unpaired) electrons. The quantitative estimate of drug-likeness (QED) is 0.144. The number of anilines is 1. The van der Waals surface area contributed by atoms with Crippen LogP contribution in [0, 0.1) is 0 Å². The number of nitrogens with zero attached hydrogens (tertiary/aromatic N) is 4. The standard InChI is InChI=1S/C37H40F3N5O4S/c1-6-44-33(42-45(35(44)46)24-26-12-16-28(17-13-26)36(2,3)4)9-7-8-25-10-14-27(15-11-25)31-22-23-32(49-5)34(41-31)43-50(47,48)30-20-18-29(19-21-30)37(38,39)40/h10-23H,6-9,24H2,1-5H3,(H,41,43). The molecule has 50 heavy (non-hydrogen) atoms. The summed E-state index contributed by atoms with van der Waals surface area (Å²) in [4.78, 5) is 17.2. The number of aryl methyl sites for hydroxylation is 2. The van der Waals surface area contributed by atoms with E-state index in [4.69, 9.17) is 4.74 Å². The largest absolute Gasteiger partial charge is 0.493 e. The van der Waals surface area contributed by atoms with Crippen molar-refractivity contribution < 1.29 is 26.3 Å². The number of alkyl halides is 3. The Morgan fingerprint density at radius 2 is 1.44 bits per heavy atom. The molecule has 1 N–H and O–H groups in total. The van der Waals surface area contributed by atoms with E-state index in [0.29, 0.717) is 37.3 Å². The molecule has 0 atom stereocenters. The van der Waals surface area contributed by atoms with Gasteiger partial charge in [0, 0.05) is 18.5 Å². The van der Waals surface area contributed by atoms with Gasteiger partial charge in [-0.15, -0.1) is 0 Å². The highest BCUT2D eigenvalue weighted by Crippen LogP contribution is 2.32. The average molecular weight is 708 g/mol. The van der Waals surface area contributed by atoms with Crippen molar-refractivity contribution in [2.24, 2.45) is 0 Å². The number of benzene rings is 3. The molecule has 3 aromatic carbocycles. The van der Waals surface area contributed by atoms with E-state index in [-0.39, 0.29) is 27.6 Å². The zero-order chi connectivity index (χ0) is 36.3. The number of nitrogens with one attached hydrogen (secondary N) is 1. The Morgan fingerprint density at radius 3 is 2.02 bits per heavy atom. The number of halogens is 3. The molecule has 0 bridgehead atoms. The molecule has 2 aromatic heterocycles. The molecule has 264 valence electrons. The number of hydrogen-bond donors (Lipinski definition) is 1. The second kappa shape index (κ2) is 14.5. The van der Waals surface area contributed by atoms with Crippen LogP contribution < -0.4 is 15.1 Å². The zero-order valence-electron chi connectivity index (χ0n) is 28.6. The van der Waals surface area contributed by atoms with E-state index in [0.717, 1.165) is 47.5 Å². The summed E-state index contributed by atoms with van der Waals surface area (Å²) in [5, 5.41) is 4.67. The van der Waals surface area contributed by atoms with Gasteiger partial charge in [-0.25, -0.2) is 22.9 Å². The number of methoxy groups -OCH3 is 1. The monoisotopic (exact) mass is 707 g/mol. The first-order valence-corrected chi connectivity index (χ1v) is 17.7. The number of aromatic nitrogens is 4. The lowest BCUT2D eigenvalue weighted by Crippen LogP contribution is -2.25. The van der Waals surface area contributed by atoms with Gasteiger partial charge < -0.3 is 4.74 Å². The van der Waals surface area contributed by atoms with Crippen molar-refractivity contribution in [2.75, 3.05) is 11.8 Å². The van der Waals surface area contributed by atoms with Crippen LogP contribution in [0.4, 0.5) is 19.0 Å². The third-order valence-electron chi connectivity index (χ3n) is 8.38. The number of rotatable bonds is 12. The van der Waals surface area contributed by atoms with Crippen molar-refractivity contribution in [2.45, 2.75) is 76.5 Å². The number of sulfonamides is 1. The van der Waals surface area contributed by atoms with Crippen LogP contribution >= 0.6 is 0 Å². The molecule has 9 nitrogen and oxygen atoms in total. The molecule has 2 heterocycles. The summed E-state index contributed by atoms with van der Waals surface area (Å²) in [5.74, 6) is 0.791. The van der Waals surface area contributed by atoms with E-state index in [1.165, 1.54) is 17.4 Å². The summed E-state index contributed by atoms with van der Waals surface area (Å²) in [6, 6.07) is 22.4. The first-order valence-electron chi connectivity index (χ1n) is 16.2. The summed E-state index contributed by atoms with van der Waals surface area (Å²) >= 11 is 0. The molecule has 13 heteroatoms. The van der Waals surface area contributed by atoms with Crippen molar-refractivity contribution in [3.63, 3.8) is 0 Å². The molecular formula is C37H40F3N5O4S. The molecule has 0 saturated heterocycles. The highest BCUT2D eigenvalue weighted by molar-refractivity contribution is 7.92. The second-order valence-electron chi connectivity index (χ2n) is 13.0. The van der Waals surface area contributed by atoms with Crippen LogP contribution in [0.3, 0.4) is 0 Å². The third-order valence-corrected chi connectivity index (χ3v) is 9.74. The Bertz CT molecular complexity index is 2100. The molecule has 5 rings (SSSR count). The minimum absolute atomic E-state index is 0.0504. The maximum Gasteiger partial charge on any atom is 0.416 e. The van der Waals surface area contributed by atoms with Gasteiger partial charge in [0.25, 0.3) is 10.0 Å². The molecule has 0 unspecified atom stereocenters. The van der Waals surface area contributed by atoms with Crippen LogP contribution in [-0.2, 0) is 47.5 Å². The Labute approximate surface area is 289 Å². The maximum atomic E-state index is 13.1. The topological polar surface area (TPSA) is 108 Å². The molecule has 0 aliphatic heterocycles. The van der Waals surface area contributed by atoms with Gasteiger partial charge in [0.05, 0.1) is 29.8 Å². The number of hydrogen-bond acceptors (Lipinski definition) is 6. The van der Waals surface area contributed by atoms with Crippen LogP contribution in [0.2, 0.25) is 0 Å². The van der Waals surface area contributed by atoms with Gasteiger partial charge >= 0.3 is 11.9 Å².